The smallest absolute Gasteiger partial charge is 0.0931 e. The van der Waals surface area contributed by atoms with Crippen LogP contribution in [0.5, 0.6) is 0 Å². The van der Waals surface area contributed by atoms with Crippen LogP contribution >= 0.6 is 22.9 Å². The molecule has 1 heterocycles. The molecular weight excluding hydrogens is 214 g/mol. The third-order valence-corrected chi connectivity index (χ3v) is 3.43. The van der Waals surface area contributed by atoms with Gasteiger partial charge >= 0.3 is 0 Å². The summed E-state index contributed by atoms with van der Waals surface area (Å²) in [5.41, 5.74) is 0. The van der Waals surface area contributed by atoms with Gasteiger partial charge in [-0.3, -0.25) is 0 Å². The second kappa shape index (κ2) is 6.23. The summed E-state index contributed by atoms with van der Waals surface area (Å²) >= 11 is 7.51. The number of thiophene rings is 1. The second-order valence-electron chi connectivity index (χ2n) is 3.18. The first-order valence-electron chi connectivity index (χ1n) is 4.84. The van der Waals surface area contributed by atoms with Crippen molar-refractivity contribution in [2.24, 2.45) is 0 Å². The van der Waals surface area contributed by atoms with Crippen LogP contribution in [0.2, 0.25) is 4.34 Å². The molecule has 0 radical (unpaired) electrons. The van der Waals surface area contributed by atoms with Gasteiger partial charge in [0.25, 0.3) is 0 Å². The van der Waals surface area contributed by atoms with Crippen molar-refractivity contribution in [1.82, 2.24) is 5.32 Å². The van der Waals surface area contributed by atoms with E-state index in [-0.39, 0.29) is 0 Å². The Hall–Kier alpha value is -0.310. The van der Waals surface area contributed by atoms with Gasteiger partial charge in [0, 0.05) is 10.9 Å². The number of hydrogen-bond acceptors (Lipinski definition) is 2. The fourth-order valence-electron chi connectivity index (χ4n) is 1.21. The normalized spacial score (nSPS) is 13.6. The Bertz CT molecular complexity index is 293. The van der Waals surface area contributed by atoms with Crippen LogP contribution in [0.3, 0.4) is 0 Å². The van der Waals surface area contributed by atoms with Gasteiger partial charge in [-0.1, -0.05) is 23.8 Å². The van der Waals surface area contributed by atoms with Crippen molar-refractivity contribution >= 4 is 22.9 Å². The second-order valence-corrected chi connectivity index (χ2v) is 4.92. The van der Waals surface area contributed by atoms with Gasteiger partial charge in [-0.15, -0.1) is 11.3 Å². The molecule has 14 heavy (non-hydrogen) atoms. The Kier molecular flexibility index (Phi) is 5.23. The molecular formula is C11H16ClNS. The Labute approximate surface area is 94.8 Å². The summed E-state index contributed by atoms with van der Waals surface area (Å²) in [4.78, 5) is 1.30. The Morgan fingerprint density at radius 1 is 1.57 bits per heavy atom. The van der Waals surface area contributed by atoms with Crippen molar-refractivity contribution in [2.45, 2.75) is 26.3 Å². The lowest BCUT2D eigenvalue weighted by Crippen LogP contribution is -2.18. The molecule has 1 unspecified atom stereocenters. The summed E-state index contributed by atoms with van der Waals surface area (Å²) in [5, 5.41) is 3.45. The molecule has 0 amide bonds. The van der Waals surface area contributed by atoms with Crippen molar-refractivity contribution in [3.8, 4) is 0 Å². The first-order valence-corrected chi connectivity index (χ1v) is 6.03. The zero-order chi connectivity index (χ0) is 10.4. The quantitative estimate of drug-likeness (QED) is 0.594. The monoisotopic (exact) mass is 229 g/mol. The van der Waals surface area contributed by atoms with E-state index in [2.05, 4.69) is 30.5 Å². The molecule has 1 rings (SSSR count). The number of rotatable bonds is 5. The van der Waals surface area contributed by atoms with Crippen LogP contribution in [-0.4, -0.2) is 6.54 Å². The molecule has 0 aromatic carbocycles. The van der Waals surface area contributed by atoms with Gasteiger partial charge in [0.1, 0.15) is 0 Å². The molecule has 0 aliphatic heterocycles. The Morgan fingerprint density at radius 2 is 2.36 bits per heavy atom. The predicted molar refractivity (Wildman–Crippen MR) is 65.2 cm³/mol. The van der Waals surface area contributed by atoms with Crippen LogP contribution in [0.25, 0.3) is 0 Å². The molecule has 0 saturated carbocycles. The molecule has 0 saturated heterocycles. The maximum Gasteiger partial charge on any atom is 0.0931 e. The van der Waals surface area contributed by atoms with Gasteiger partial charge in [0.15, 0.2) is 0 Å². The lowest BCUT2D eigenvalue weighted by atomic mass is 10.2. The first kappa shape index (κ1) is 11.8. The summed E-state index contributed by atoms with van der Waals surface area (Å²) in [7, 11) is 0. The summed E-state index contributed by atoms with van der Waals surface area (Å²) in [6.45, 7) is 5.22. The number of hydrogen-bond donors (Lipinski definition) is 1. The van der Waals surface area contributed by atoms with Gasteiger partial charge in [-0.05, 0) is 38.9 Å². The third-order valence-electron chi connectivity index (χ3n) is 2.02. The molecule has 0 bridgehead atoms. The Morgan fingerprint density at radius 3 is 2.93 bits per heavy atom. The molecule has 1 atom stereocenters. The highest BCUT2D eigenvalue weighted by molar-refractivity contribution is 7.16. The highest BCUT2D eigenvalue weighted by atomic mass is 35.5. The molecule has 0 fully saturated rings. The topological polar surface area (TPSA) is 12.0 Å². The van der Waals surface area contributed by atoms with Gasteiger partial charge in [-0.25, -0.2) is 0 Å². The van der Waals surface area contributed by atoms with Crippen LogP contribution in [-0.2, 0) is 0 Å². The summed E-state index contributed by atoms with van der Waals surface area (Å²) < 4.78 is 0.863. The van der Waals surface area contributed by atoms with Gasteiger partial charge in [-0.2, -0.15) is 0 Å². The van der Waals surface area contributed by atoms with Crippen molar-refractivity contribution in [2.75, 3.05) is 6.54 Å². The molecule has 78 valence electrons. The molecule has 0 aliphatic carbocycles. The first-order chi connectivity index (χ1) is 6.74. The van der Waals surface area contributed by atoms with Crippen LogP contribution in [0.4, 0.5) is 0 Å². The highest BCUT2D eigenvalue weighted by Crippen LogP contribution is 2.26. The minimum atomic E-state index is 0.401. The lowest BCUT2D eigenvalue weighted by molar-refractivity contribution is 0.589. The molecule has 0 aliphatic rings. The fraction of sp³-hybridized carbons (Fsp3) is 0.455. The maximum absolute atomic E-state index is 5.87. The Balaban J connectivity index is 2.31. The average Bonchev–Trinajstić information content (AvgIpc) is 2.59. The van der Waals surface area contributed by atoms with E-state index < -0.39 is 0 Å². The number of allylic oxidation sites excluding steroid dienone is 1. The van der Waals surface area contributed by atoms with E-state index in [9.17, 15) is 0 Å². The van der Waals surface area contributed by atoms with E-state index in [1.54, 1.807) is 11.3 Å². The van der Waals surface area contributed by atoms with E-state index in [1.165, 1.54) is 4.88 Å². The van der Waals surface area contributed by atoms with E-state index in [1.807, 2.05) is 13.0 Å². The van der Waals surface area contributed by atoms with Crippen LogP contribution in [0, 0.1) is 0 Å². The van der Waals surface area contributed by atoms with Crippen molar-refractivity contribution in [3.63, 3.8) is 0 Å². The van der Waals surface area contributed by atoms with E-state index in [4.69, 9.17) is 11.6 Å². The summed E-state index contributed by atoms with van der Waals surface area (Å²) in [5.74, 6) is 0. The number of halogens is 1. The molecule has 1 nitrogen and oxygen atoms in total. The lowest BCUT2D eigenvalue weighted by Gasteiger charge is -2.10. The van der Waals surface area contributed by atoms with E-state index in [0.29, 0.717) is 6.04 Å². The van der Waals surface area contributed by atoms with E-state index >= 15 is 0 Å². The fourth-order valence-corrected chi connectivity index (χ4v) is 2.30. The standard InChI is InChI=1S/C11H16ClNS/c1-3-4-5-8-13-9(2)10-6-7-11(12)14-10/h3-4,6-7,9,13H,5,8H2,1-2H3/b4-3+. The predicted octanol–water partition coefficient (Wildman–Crippen LogP) is 4.02. The zero-order valence-electron chi connectivity index (χ0n) is 8.59. The minimum Gasteiger partial charge on any atom is -0.309 e. The summed E-state index contributed by atoms with van der Waals surface area (Å²) in [6.07, 6.45) is 5.33. The van der Waals surface area contributed by atoms with Crippen LogP contribution < -0.4 is 5.32 Å². The average molecular weight is 230 g/mol. The highest BCUT2D eigenvalue weighted by Gasteiger charge is 2.06. The summed E-state index contributed by atoms with van der Waals surface area (Å²) in [6, 6.07) is 4.43. The van der Waals surface area contributed by atoms with Crippen molar-refractivity contribution < 1.29 is 0 Å². The molecule has 1 N–H and O–H groups in total. The van der Waals surface area contributed by atoms with Crippen molar-refractivity contribution in [3.05, 3.63) is 33.5 Å². The largest absolute Gasteiger partial charge is 0.309 e. The minimum absolute atomic E-state index is 0.401. The van der Waals surface area contributed by atoms with Gasteiger partial charge in [0.2, 0.25) is 0 Å². The van der Waals surface area contributed by atoms with Crippen LogP contribution in [0.15, 0.2) is 24.3 Å². The zero-order valence-corrected chi connectivity index (χ0v) is 10.2. The molecule has 1 aromatic rings. The van der Waals surface area contributed by atoms with Gasteiger partial charge < -0.3 is 5.32 Å². The van der Waals surface area contributed by atoms with E-state index in [0.717, 1.165) is 17.3 Å². The van der Waals surface area contributed by atoms with Crippen molar-refractivity contribution in [1.29, 1.82) is 0 Å². The van der Waals surface area contributed by atoms with Crippen LogP contribution in [0.1, 0.15) is 31.2 Å². The number of nitrogens with one attached hydrogen (secondary N) is 1. The molecule has 0 spiro atoms. The molecule has 3 heteroatoms. The van der Waals surface area contributed by atoms with Gasteiger partial charge in [0.05, 0.1) is 4.34 Å². The third kappa shape index (κ3) is 3.82. The maximum atomic E-state index is 5.87. The SMILES string of the molecule is C/C=C/CCNC(C)c1ccc(Cl)s1. The molecule has 1 aromatic heterocycles.